The molecule has 3 aliphatic rings. The highest BCUT2D eigenvalue weighted by molar-refractivity contribution is 5.89. The molecule has 286 valence electrons. The Balaban J connectivity index is 1.31. The van der Waals surface area contributed by atoms with E-state index in [1.165, 1.54) is 26.4 Å². The molecule has 12 nitrogen and oxygen atoms in total. The van der Waals surface area contributed by atoms with E-state index in [1.807, 2.05) is 0 Å². The Morgan fingerprint density at radius 3 is 2.49 bits per heavy atom. The minimum absolute atomic E-state index is 0.0154. The molecular formula is C37H43F4N5O7. The first-order valence-electron chi connectivity index (χ1n) is 17.6. The first-order valence-corrected chi connectivity index (χ1v) is 17.6. The maximum atomic E-state index is 15.5. The fourth-order valence-corrected chi connectivity index (χ4v) is 7.91. The summed E-state index contributed by atoms with van der Waals surface area (Å²) in [6, 6.07) is 6.73. The van der Waals surface area contributed by atoms with Crippen molar-refractivity contribution in [3.8, 4) is 17.2 Å². The van der Waals surface area contributed by atoms with Crippen molar-refractivity contribution in [3.05, 3.63) is 64.2 Å². The number of nitrogens with zero attached hydrogens (tertiary/aromatic N) is 5. The summed E-state index contributed by atoms with van der Waals surface area (Å²) in [7, 11) is 4.15. The second-order valence-corrected chi connectivity index (χ2v) is 13.9. The number of alkyl halides is 3. The number of halogens is 4. The lowest BCUT2D eigenvalue weighted by Crippen LogP contribution is -2.53. The van der Waals surface area contributed by atoms with Crippen molar-refractivity contribution < 1.29 is 50.9 Å². The molecule has 6 rings (SSSR count). The standard InChI is InChI=1S/C37H43F4N5O7/c1-36(35(49)53-20-22-10-11-23(50-3)18-30(22)51-4)15-6-5-8-25(36)34(48)46-17-14-24-26(38)12-13-29(32(24)28(46)19-45-16-7-9-31(45)47)52-21-27-33(37(39,40)41)44(2)43-42-27/h10-13,18,25,28H,5-9,14-17,19-21H2,1-4H3/t25-,28+,36-/m0/s1. The number of hydrogen-bond acceptors (Lipinski definition) is 9. The molecule has 16 heteroatoms. The molecule has 0 spiro atoms. The summed E-state index contributed by atoms with van der Waals surface area (Å²) in [5.74, 6) is -1.27. The maximum absolute atomic E-state index is 15.5. The largest absolute Gasteiger partial charge is 0.497 e. The van der Waals surface area contributed by atoms with Crippen LogP contribution in [0, 0.1) is 17.2 Å². The van der Waals surface area contributed by atoms with Crippen LogP contribution in [-0.2, 0) is 52.0 Å². The van der Waals surface area contributed by atoms with E-state index in [-0.39, 0.29) is 54.8 Å². The Kier molecular flexibility index (Phi) is 10.9. The lowest BCUT2D eigenvalue weighted by atomic mass is 9.66. The van der Waals surface area contributed by atoms with E-state index in [2.05, 4.69) is 10.3 Å². The molecule has 1 saturated heterocycles. The fraction of sp³-hybridized carbons (Fsp3) is 0.541. The summed E-state index contributed by atoms with van der Waals surface area (Å²) >= 11 is 0. The smallest absolute Gasteiger partial charge is 0.435 e. The van der Waals surface area contributed by atoms with Crippen LogP contribution < -0.4 is 14.2 Å². The summed E-state index contributed by atoms with van der Waals surface area (Å²) in [6.45, 7) is 1.53. The highest BCUT2D eigenvalue weighted by Gasteiger charge is 2.51. The lowest BCUT2D eigenvalue weighted by Gasteiger charge is -2.45. The molecule has 0 N–H and O–H groups in total. The third-order valence-electron chi connectivity index (χ3n) is 10.8. The number of ether oxygens (including phenoxy) is 4. The zero-order valence-electron chi connectivity index (χ0n) is 30.1. The van der Waals surface area contributed by atoms with Crippen LogP contribution in [0.3, 0.4) is 0 Å². The second-order valence-electron chi connectivity index (χ2n) is 13.9. The number of aryl methyl sites for hydroxylation is 1. The highest BCUT2D eigenvalue weighted by atomic mass is 19.4. The van der Waals surface area contributed by atoms with Gasteiger partial charge in [0, 0.05) is 50.3 Å². The zero-order valence-corrected chi connectivity index (χ0v) is 30.1. The van der Waals surface area contributed by atoms with Crippen molar-refractivity contribution in [1.29, 1.82) is 0 Å². The number of methoxy groups -OCH3 is 2. The van der Waals surface area contributed by atoms with E-state index >= 15 is 4.39 Å². The molecular weight excluding hydrogens is 702 g/mol. The average molecular weight is 746 g/mol. The van der Waals surface area contributed by atoms with E-state index in [9.17, 15) is 27.6 Å². The molecule has 2 aliphatic heterocycles. The molecule has 2 amide bonds. The zero-order chi connectivity index (χ0) is 38.1. The Morgan fingerprint density at radius 1 is 1.00 bits per heavy atom. The van der Waals surface area contributed by atoms with Gasteiger partial charge in [0.2, 0.25) is 11.8 Å². The van der Waals surface area contributed by atoms with E-state index in [0.29, 0.717) is 66.8 Å². The predicted molar refractivity (Wildman–Crippen MR) is 180 cm³/mol. The molecule has 3 aromatic rings. The number of amides is 2. The molecule has 2 aromatic carbocycles. The number of likely N-dealkylation sites (tertiary alicyclic amines) is 1. The molecule has 53 heavy (non-hydrogen) atoms. The number of carbonyl (C=O) groups excluding carboxylic acids is 3. The molecule has 1 saturated carbocycles. The van der Waals surface area contributed by atoms with Crippen LogP contribution in [0.2, 0.25) is 0 Å². The Hall–Kier alpha value is -4.89. The Bertz CT molecular complexity index is 1870. The number of fused-ring (bicyclic) bond motifs is 1. The van der Waals surface area contributed by atoms with Crippen LogP contribution >= 0.6 is 0 Å². The van der Waals surface area contributed by atoms with Crippen molar-refractivity contribution in [3.63, 3.8) is 0 Å². The Labute approximate surface area is 304 Å². The number of hydrogen-bond donors (Lipinski definition) is 0. The third-order valence-corrected chi connectivity index (χ3v) is 10.8. The number of carbonyl (C=O) groups is 3. The maximum Gasteiger partial charge on any atom is 0.435 e. The molecule has 1 aromatic heterocycles. The quantitative estimate of drug-likeness (QED) is 0.183. The van der Waals surface area contributed by atoms with Gasteiger partial charge in [0.25, 0.3) is 0 Å². The summed E-state index contributed by atoms with van der Waals surface area (Å²) in [6.07, 6.45) is -1.57. The first kappa shape index (κ1) is 37.9. The van der Waals surface area contributed by atoms with Gasteiger partial charge in [-0.05, 0) is 62.4 Å². The fourth-order valence-electron chi connectivity index (χ4n) is 7.91. The summed E-state index contributed by atoms with van der Waals surface area (Å²) in [5.41, 5.74) is -1.61. The first-order chi connectivity index (χ1) is 25.3. The van der Waals surface area contributed by atoms with Crippen LogP contribution in [0.25, 0.3) is 0 Å². The number of esters is 1. The minimum Gasteiger partial charge on any atom is -0.497 e. The van der Waals surface area contributed by atoms with Gasteiger partial charge < -0.3 is 28.7 Å². The van der Waals surface area contributed by atoms with Gasteiger partial charge in [-0.3, -0.25) is 14.4 Å². The minimum atomic E-state index is -4.75. The van der Waals surface area contributed by atoms with Crippen molar-refractivity contribution in [2.24, 2.45) is 18.4 Å². The van der Waals surface area contributed by atoms with Crippen molar-refractivity contribution in [2.75, 3.05) is 33.9 Å². The van der Waals surface area contributed by atoms with Gasteiger partial charge >= 0.3 is 12.1 Å². The molecule has 3 atom stereocenters. The van der Waals surface area contributed by atoms with Gasteiger partial charge in [-0.25, -0.2) is 9.07 Å². The van der Waals surface area contributed by atoms with Gasteiger partial charge in [0.05, 0.1) is 31.6 Å². The number of benzene rings is 2. The molecule has 0 radical (unpaired) electrons. The van der Waals surface area contributed by atoms with E-state index in [1.54, 1.807) is 34.9 Å². The third kappa shape index (κ3) is 7.49. The van der Waals surface area contributed by atoms with E-state index in [0.717, 1.165) is 7.05 Å². The van der Waals surface area contributed by atoms with Crippen LogP contribution in [-0.4, -0.2) is 76.4 Å². The monoisotopic (exact) mass is 745 g/mol. The van der Waals surface area contributed by atoms with Gasteiger partial charge in [-0.15, -0.1) is 5.10 Å². The van der Waals surface area contributed by atoms with Gasteiger partial charge in [-0.1, -0.05) is 18.1 Å². The van der Waals surface area contributed by atoms with Crippen molar-refractivity contribution in [1.82, 2.24) is 24.8 Å². The summed E-state index contributed by atoms with van der Waals surface area (Å²) in [4.78, 5) is 44.9. The summed E-state index contributed by atoms with van der Waals surface area (Å²) in [5, 5.41) is 7.16. The average Bonchev–Trinajstić information content (AvgIpc) is 3.73. The van der Waals surface area contributed by atoms with Crippen molar-refractivity contribution >= 4 is 17.8 Å². The van der Waals surface area contributed by atoms with Crippen LogP contribution in [0.4, 0.5) is 17.6 Å². The number of rotatable bonds is 11. The molecule has 2 fully saturated rings. The summed E-state index contributed by atoms with van der Waals surface area (Å²) < 4.78 is 80.2. The van der Waals surface area contributed by atoms with E-state index < -0.39 is 53.3 Å². The predicted octanol–water partition coefficient (Wildman–Crippen LogP) is 5.56. The molecule has 1 aliphatic carbocycles. The van der Waals surface area contributed by atoms with Crippen LogP contribution in [0.5, 0.6) is 17.2 Å². The van der Waals surface area contributed by atoms with E-state index in [4.69, 9.17) is 18.9 Å². The van der Waals surface area contributed by atoms with Crippen LogP contribution in [0.1, 0.15) is 79.6 Å². The highest BCUT2D eigenvalue weighted by Crippen LogP contribution is 2.47. The molecule has 3 heterocycles. The number of aromatic nitrogens is 3. The van der Waals surface area contributed by atoms with Crippen molar-refractivity contribution in [2.45, 2.75) is 77.3 Å². The van der Waals surface area contributed by atoms with Gasteiger partial charge in [0.1, 0.15) is 42.0 Å². The topological polar surface area (TPSA) is 125 Å². The SMILES string of the molecule is COc1ccc(COC(=O)[C@@]2(C)CCCC[C@H]2C(=O)N2CCc3c(F)ccc(OCc4nnn(C)c4C(F)(F)F)c3[C@H]2CN2CCCC2=O)c(OC)c1. The molecule has 0 bridgehead atoms. The lowest BCUT2D eigenvalue weighted by molar-refractivity contribution is -0.169. The second kappa shape index (κ2) is 15.2. The van der Waals surface area contributed by atoms with Crippen LogP contribution in [0.15, 0.2) is 30.3 Å². The molecule has 0 unspecified atom stereocenters. The van der Waals surface area contributed by atoms with Gasteiger partial charge in [0.15, 0.2) is 5.69 Å². The Morgan fingerprint density at radius 2 is 1.79 bits per heavy atom. The normalized spacial score (nSPS) is 21.7. The van der Waals surface area contributed by atoms with Gasteiger partial charge in [-0.2, -0.15) is 13.2 Å².